The lowest BCUT2D eigenvalue weighted by atomic mass is 10.1. The minimum Gasteiger partial charge on any atom is -0.454 e. The van der Waals surface area contributed by atoms with Gasteiger partial charge < -0.3 is 20.4 Å². The number of urea groups is 1. The van der Waals surface area contributed by atoms with Gasteiger partial charge in [0.2, 0.25) is 5.78 Å². The standard InChI is InChI=1S/C22H29N3O4/c1-14(2)9-10-25-15(3)11-19(16(25)4)20(26)13-29-21(27)18-7-5-17(6-8-18)12-24-22(23)28/h5-8,11,14H,9-10,12-13H2,1-4H3,(H3,23,24,28). The van der Waals surface area contributed by atoms with Crippen LogP contribution >= 0.6 is 0 Å². The van der Waals surface area contributed by atoms with Crippen molar-refractivity contribution in [2.75, 3.05) is 6.61 Å². The SMILES string of the molecule is Cc1cc(C(=O)COC(=O)c2ccc(CNC(N)=O)cc2)c(C)n1CCC(C)C. The summed E-state index contributed by atoms with van der Waals surface area (Å²) in [7, 11) is 0. The summed E-state index contributed by atoms with van der Waals surface area (Å²) in [6, 6.07) is 7.79. The van der Waals surface area contributed by atoms with Crippen molar-refractivity contribution in [1.82, 2.24) is 9.88 Å². The summed E-state index contributed by atoms with van der Waals surface area (Å²) in [5, 5.41) is 2.47. The Hall–Kier alpha value is -3.09. The topological polar surface area (TPSA) is 103 Å². The first kappa shape index (κ1) is 22.2. The second kappa shape index (κ2) is 9.91. The fraction of sp³-hybridized carbons (Fsp3) is 0.409. The lowest BCUT2D eigenvalue weighted by molar-refractivity contribution is 0.0474. The number of nitrogens with zero attached hydrogens (tertiary/aromatic N) is 1. The molecule has 156 valence electrons. The number of ketones is 1. The van der Waals surface area contributed by atoms with Crippen LogP contribution in [0, 0.1) is 19.8 Å². The van der Waals surface area contributed by atoms with Crippen molar-refractivity contribution in [3.8, 4) is 0 Å². The van der Waals surface area contributed by atoms with Crippen LogP contribution in [0.5, 0.6) is 0 Å². The van der Waals surface area contributed by atoms with Crippen molar-refractivity contribution >= 4 is 17.8 Å². The number of carbonyl (C=O) groups excluding carboxylic acids is 3. The molecule has 0 bridgehead atoms. The molecule has 0 fully saturated rings. The quantitative estimate of drug-likeness (QED) is 0.498. The molecule has 0 aliphatic rings. The van der Waals surface area contributed by atoms with Gasteiger partial charge in [0.1, 0.15) is 0 Å². The maximum Gasteiger partial charge on any atom is 0.338 e. The average Bonchev–Trinajstić information content (AvgIpc) is 2.96. The summed E-state index contributed by atoms with van der Waals surface area (Å²) in [6.07, 6.45) is 1.03. The van der Waals surface area contributed by atoms with Crippen molar-refractivity contribution in [3.05, 3.63) is 58.4 Å². The fourth-order valence-electron chi connectivity index (χ4n) is 3.05. The molecule has 0 unspecified atom stereocenters. The van der Waals surface area contributed by atoms with Gasteiger partial charge in [-0.15, -0.1) is 0 Å². The zero-order chi connectivity index (χ0) is 21.6. The van der Waals surface area contributed by atoms with E-state index in [-0.39, 0.29) is 18.9 Å². The van der Waals surface area contributed by atoms with Crippen LogP contribution in [0.2, 0.25) is 0 Å². The smallest absolute Gasteiger partial charge is 0.338 e. The highest BCUT2D eigenvalue weighted by atomic mass is 16.5. The average molecular weight is 399 g/mol. The molecule has 7 heteroatoms. The van der Waals surface area contributed by atoms with Crippen LogP contribution in [0.1, 0.15) is 57.9 Å². The highest BCUT2D eigenvalue weighted by molar-refractivity contribution is 6.00. The number of nitrogens with two attached hydrogens (primary N) is 1. The molecule has 0 aliphatic carbocycles. The molecule has 0 radical (unpaired) electrons. The van der Waals surface area contributed by atoms with E-state index in [1.807, 2.05) is 19.9 Å². The Morgan fingerprint density at radius 2 is 1.79 bits per heavy atom. The fourth-order valence-corrected chi connectivity index (χ4v) is 3.05. The van der Waals surface area contributed by atoms with Crippen molar-refractivity contribution < 1.29 is 19.1 Å². The first-order valence-electron chi connectivity index (χ1n) is 9.68. The lowest BCUT2D eigenvalue weighted by Crippen LogP contribution is -2.28. The summed E-state index contributed by atoms with van der Waals surface area (Å²) in [5.41, 5.74) is 8.67. The Labute approximate surface area is 171 Å². The third-order valence-electron chi connectivity index (χ3n) is 4.79. The molecule has 1 aromatic heterocycles. The molecule has 2 amide bonds. The number of nitrogens with one attached hydrogen (secondary N) is 1. The van der Waals surface area contributed by atoms with E-state index < -0.39 is 12.0 Å². The molecule has 1 heterocycles. The van der Waals surface area contributed by atoms with Gasteiger partial charge in [-0.2, -0.15) is 0 Å². The number of hydrogen-bond donors (Lipinski definition) is 2. The Morgan fingerprint density at radius 3 is 2.38 bits per heavy atom. The molecule has 0 saturated carbocycles. The van der Waals surface area contributed by atoms with Gasteiger partial charge >= 0.3 is 12.0 Å². The van der Waals surface area contributed by atoms with E-state index >= 15 is 0 Å². The third kappa shape index (κ3) is 6.20. The van der Waals surface area contributed by atoms with Gasteiger partial charge in [0.25, 0.3) is 0 Å². The molecule has 2 aromatic rings. The van der Waals surface area contributed by atoms with Gasteiger partial charge in [0, 0.05) is 30.0 Å². The monoisotopic (exact) mass is 399 g/mol. The molecule has 3 N–H and O–H groups in total. The predicted octanol–water partition coefficient (Wildman–Crippen LogP) is 3.36. The van der Waals surface area contributed by atoms with Crippen LogP contribution in [-0.2, 0) is 17.8 Å². The van der Waals surface area contributed by atoms with Crippen LogP contribution in [-0.4, -0.2) is 29.0 Å². The number of aromatic nitrogens is 1. The maximum atomic E-state index is 12.6. The predicted molar refractivity (Wildman–Crippen MR) is 111 cm³/mol. The number of primary amides is 1. The Bertz CT molecular complexity index is 882. The zero-order valence-corrected chi connectivity index (χ0v) is 17.5. The first-order chi connectivity index (χ1) is 13.7. The number of amides is 2. The van der Waals surface area contributed by atoms with E-state index in [4.69, 9.17) is 10.5 Å². The van der Waals surface area contributed by atoms with Gasteiger partial charge in [-0.1, -0.05) is 26.0 Å². The molecule has 0 spiro atoms. The summed E-state index contributed by atoms with van der Waals surface area (Å²) in [4.78, 5) is 35.5. The maximum absolute atomic E-state index is 12.6. The molecule has 2 rings (SSSR count). The Morgan fingerprint density at radius 1 is 1.14 bits per heavy atom. The Kier molecular flexibility index (Phi) is 7.59. The molecule has 0 atom stereocenters. The van der Waals surface area contributed by atoms with Gasteiger partial charge in [-0.25, -0.2) is 9.59 Å². The summed E-state index contributed by atoms with van der Waals surface area (Å²) >= 11 is 0. The first-order valence-corrected chi connectivity index (χ1v) is 9.68. The molecular formula is C22H29N3O4. The van der Waals surface area contributed by atoms with E-state index in [1.165, 1.54) is 0 Å². The van der Waals surface area contributed by atoms with Gasteiger partial charge in [0.05, 0.1) is 5.56 Å². The van der Waals surface area contributed by atoms with Crippen LogP contribution in [0.4, 0.5) is 4.79 Å². The van der Waals surface area contributed by atoms with Crippen molar-refractivity contribution in [2.24, 2.45) is 11.7 Å². The van der Waals surface area contributed by atoms with Crippen LogP contribution < -0.4 is 11.1 Å². The minimum atomic E-state index is -0.615. The van der Waals surface area contributed by atoms with Crippen molar-refractivity contribution in [1.29, 1.82) is 0 Å². The lowest BCUT2D eigenvalue weighted by Gasteiger charge is -2.11. The summed E-state index contributed by atoms with van der Waals surface area (Å²) < 4.78 is 7.33. The van der Waals surface area contributed by atoms with E-state index in [2.05, 4.69) is 23.7 Å². The number of Topliss-reactive ketones (excluding diaryl/α,β-unsaturated/α-hetero) is 1. The van der Waals surface area contributed by atoms with Crippen LogP contribution in [0.15, 0.2) is 30.3 Å². The summed E-state index contributed by atoms with van der Waals surface area (Å²) in [6.45, 7) is 9.06. The van der Waals surface area contributed by atoms with Gasteiger partial charge in [0.15, 0.2) is 6.61 Å². The zero-order valence-electron chi connectivity index (χ0n) is 17.5. The van der Waals surface area contributed by atoms with E-state index in [0.717, 1.165) is 29.9 Å². The van der Waals surface area contributed by atoms with E-state index in [1.54, 1.807) is 24.3 Å². The minimum absolute atomic E-state index is 0.218. The number of carbonyl (C=O) groups is 3. The second-order valence-corrected chi connectivity index (χ2v) is 7.53. The molecule has 29 heavy (non-hydrogen) atoms. The van der Waals surface area contributed by atoms with Crippen molar-refractivity contribution in [2.45, 2.75) is 47.2 Å². The Balaban J connectivity index is 1.95. The van der Waals surface area contributed by atoms with E-state index in [9.17, 15) is 14.4 Å². The normalized spacial score (nSPS) is 10.8. The van der Waals surface area contributed by atoms with Crippen LogP contribution in [0.3, 0.4) is 0 Å². The highest BCUT2D eigenvalue weighted by Crippen LogP contribution is 2.18. The molecular weight excluding hydrogens is 370 g/mol. The van der Waals surface area contributed by atoms with Gasteiger partial charge in [-0.05, 0) is 49.9 Å². The summed E-state index contributed by atoms with van der Waals surface area (Å²) in [5.74, 6) is -0.208. The number of aryl methyl sites for hydroxylation is 1. The molecule has 0 saturated heterocycles. The van der Waals surface area contributed by atoms with Gasteiger partial charge in [-0.3, -0.25) is 4.79 Å². The van der Waals surface area contributed by atoms with Crippen LogP contribution in [0.25, 0.3) is 0 Å². The second-order valence-electron chi connectivity index (χ2n) is 7.53. The number of hydrogen-bond acceptors (Lipinski definition) is 4. The molecule has 7 nitrogen and oxygen atoms in total. The van der Waals surface area contributed by atoms with E-state index in [0.29, 0.717) is 17.0 Å². The third-order valence-corrected chi connectivity index (χ3v) is 4.79. The largest absolute Gasteiger partial charge is 0.454 e. The number of rotatable bonds is 9. The van der Waals surface area contributed by atoms with Crippen molar-refractivity contribution in [3.63, 3.8) is 0 Å². The number of benzene rings is 1. The highest BCUT2D eigenvalue weighted by Gasteiger charge is 2.18. The number of esters is 1. The molecule has 1 aromatic carbocycles. The molecule has 0 aliphatic heterocycles. The number of ether oxygens (including phenoxy) is 1.